The summed E-state index contributed by atoms with van der Waals surface area (Å²) in [5, 5.41) is 2.54. The number of carbonyl (C=O) groups excluding carboxylic acids is 1. The molecule has 31 heavy (non-hydrogen) atoms. The Morgan fingerprint density at radius 2 is 1.84 bits per heavy atom. The van der Waals surface area contributed by atoms with Crippen molar-refractivity contribution in [1.82, 2.24) is 9.55 Å². The van der Waals surface area contributed by atoms with E-state index in [-0.39, 0.29) is 17.9 Å². The Kier molecular flexibility index (Phi) is 6.13. The summed E-state index contributed by atoms with van der Waals surface area (Å²) in [6, 6.07) is 17.3. The van der Waals surface area contributed by atoms with Crippen LogP contribution < -0.4 is 10.3 Å². The minimum Gasteiger partial charge on any atom is -0.497 e. The molecule has 0 saturated carbocycles. The number of carbonyl (C=O) groups is 1. The van der Waals surface area contributed by atoms with Crippen molar-refractivity contribution in [2.24, 2.45) is 0 Å². The molecule has 0 radical (unpaired) electrons. The number of hydrogen-bond donors (Lipinski definition) is 0. The van der Waals surface area contributed by atoms with E-state index in [0.717, 1.165) is 22.4 Å². The molecule has 0 aliphatic heterocycles. The number of benzene rings is 2. The molecule has 0 saturated heterocycles. The molecule has 2 aromatic carbocycles. The topological polar surface area (TPSA) is 70.4 Å². The highest BCUT2D eigenvalue weighted by Gasteiger charge is 2.18. The Balaban J connectivity index is 1.87. The van der Waals surface area contributed by atoms with E-state index in [4.69, 9.17) is 14.5 Å². The van der Waals surface area contributed by atoms with E-state index < -0.39 is 0 Å². The van der Waals surface area contributed by atoms with E-state index in [9.17, 15) is 9.59 Å². The van der Waals surface area contributed by atoms with E-state index in [1.165, 1.54) is 18.4 Å². The van der Waals surface area contributed by atoms with Gasteiger partial charge in [0.05, 0.1) is 19.6 Å². The van der Waals surface area contributed by atoms with Gasteiger partial charge in [0, 0.05) is 29.5 Å². The van der Waals surface area contributed by atoms with Crippen molar-refractivity contribution in [3.63, 3.8) is 0 Å². The van der Waals surface area contributed by atoms with Crippen LogP contribution in [0, 0.1) is 0 Å². The lowest BCUT2D eigenvalue weighted by Crippen LogP contribution is -2.24. The lowest BCUT2D eigenvalue weighted by atomic mass is 10.1. The molecule has 4 aromatic rings. The molecule has 0 bridgehead atoms. The number of fused-ring (bicyclic) bond motifs is 1. The third-order valence-electron chi connectivity index (χ3n) is 5.10. The molecule has 0 spiro atoms. The summed E-state index contributed by atoms with van der Waals surface area (Å²) in [4.78, 5) is 30.8. The van der Waals surface area contributed by atoms with Gasteiger partial charge < -0.3 is 9.47 Å². The summed E-state index contributed by atoms with van der Waals surface area (Å²) >= 11 is 1.45. The molecule has 2 heterocycles. The molecule has 158 valence electrons. The van der Waals surface area contributed by atoms with Crippen LogP contribution in [0.4, 0.5) is 0 Å². The summed E-state index contributed by atoms with van der Waals surface area (Å²) in [5.41, 5.74) is 2.47. The number of esters is 1. The van der Waals surface area contributed by atoms with Gasteiger partial charge >= 0.3 is 5.97 Å². The average Bonchev–Trinajstić information content (AvgIpc) is 3.25. The van der Waals surface area contributed by atoms with E-state index in [0.29, 0.717) is 29.0 Å². The first kappa shape index (κ1) is 20.8. The van der Waals surface area contributed by atoms with E-state index in [1.807, 2.05) is 60.0 Å². The second-order valence-electron chi connectivity index (χ2n) is 7.00. The standard InChI is InChI=1S/C24H22N2O4S/c1-29-18-11-6-10-17(14-18)19-15-31-23-21(19)24(28)26(13-7-12-20(27)30-2)22(25-23)16-8-4-3-5-9-16/h3-6,8-11,14-15H,7,12-13H2,1-2H3. The van der Waals surface area contributed by atoms with Crippen molar-refractivity contribution < 1.29 is 14.3 Å². The van der Waals surface area contributed by atoms with Gasteiger partial charge in [0.1, 0.15) is 16.4 Å². The van der Waals surface area contributed by atoms with Crippen LogP contribution in [0.2, 0.25) is 0 Å². The van der Waals surface area contributed by atoms with E-state index >= 15 is 0 Å². The molecular weight excluding hydrogens is 412 g/mol. The zero-order valence-electron chi connectivity index (χ0n) is 17.3. The maximum Gasteiger partial charge on any atom is 0.305 e. The molecule has 0 N–H and O–H groups in total. The Hall–Kier alpha value is -3.45. The normalized spacial score (nSPS) is 10.9. The third kappa shape index (κ3) is 4.22. The van der Waals surface area contributed by atoms with Gasteiger partial charge in [-0.1, -0.05) is 42.5 Å². The summed E-state index contributed by atoms with van der Waals surface area (Å²) in [6.07, 6.45) is 0.722. The predicted octanol–water partition coefficient (Wildman–Crippen LogP) is 4.75. The van der Waals surface area contributed by atoms with Crippen LogP contribution in [-0.2, 0) is 16.1 Å². The zero-order chi connectivity index (χ0) is 21.8. The first-order valence-corrected chi connectivity index (χ1v) is 10.8. The van der Waals surface area contributed by atoms with Gasteiger partial charge in [-0.25, -0.2) is 4.98 Å². The molecule has 7 heteroatoms. The minimum atomic E-state index is -0.295. The number of aromatic nitrogens is 2. The fourth-order valence-corrected chi connectivity index (χ4v) is 4.46. The van der Waals surface area contributed by atoms with E-state index in [2.05, 4.69) is 0 Å². The lowest BCUT2D eigenvalue weighted by molar-refractivity contribution is -0.140. The summed E-state index contributed by atoms with van der Waals surface area (Å²) < 4.78 is 11.7. The molecule has 0 amide bonds. The minimum absolute atomic E-state index is 0.118. The number of nitrogens with zero attached hydrogens (tertiary/aromatic N) is 2. The SMILES string of the molecule is COC(=O)CCCn1c(-c2ccccc2)nc2scc(-c3cccc(OC)c3)c2c1=O. The van der Waals surface area contributed by atoms with Crippen LogP contribution in [0.3, 0.4) is 0 Å². The highest BCUT2D eigenvalue weighted by atomic mass is 32.1. The smallest absolute Gasteiger partial charge is 0.305 e. The van der Waals surface area contributed by atoms with Crippen LogP contribution in [0.15, 0.2) is 64.8 Å². The second kappa shape index (κ2) is 9.14. The molecule has 6 nitrogen and oxygen atoms in total. The van der Waals surface area contributed by atoms with Crippen molar-refractivity contribution in [3.05, 3.63) is 70.3 Å². The van der Waals surface area contributed by atoms with Crippen molar-refractivity contribution in [3.8, 4) is 28.3 Å². The van der Waals surface area contributed by atoms with Gasteiger partial charge in [-0.3, -0.25) is 14.2 Å². The fourth-order valence-electron chi connectivity index (χ4n) is 3.53. The monoisotopic (exact) mass is 434 g/mol. The van der Waals surface area contributed by atoms with Crippen LogP contribution in [-0.4, -0.2) is 29.7 Å². The molecular formula is C24H22N2O4S. The number of ether oxygens (including phenoxy) is 2. The highest BCUT2D eigenvalue weighted by molar-refractivity contribution is 7.17. The average molecular weight is 435 g/mol. The van der Waals surface area contributed by atoms with Gasteiger partial charge in [0.25, 0.3) is 5.56 Å². The maximum atomic E-state index is 13.7. The zero-order valence-corrected chi connectivity index (χ0v) is 18.1. The number of hydrogen-bond acceptors (Lipinski definition) is 6. The molecule has 0 aliphatic carbocycles. The molecule has 0 unspecified atom stereocenters. The Morgan fingerprint density at radius 3 is 2.58 bits per heavy atom. The lowest BCUT2D eigenvalue weighted by Gasteiger charge is -2.13. The molecule has 2 aromatic heterocycles. The van der Waals surface area contributed by atoms with Gasteiger partial charge in [-0.15, -0.1) is 11.3 Å². The largest absolute Gasteiger partial charge is 0.497 e. The van der Waals surface area contributed by atoms with Gasteiger partial charge in [-0.05, 0) is 24.1 Å². The first-order valence-electron chi connectivity index (χ1n) is 9.91. The fraction of sp³-hybridized carbons (Fsp3) is 0.208. The second-order valence-corrected chi connectivity index (χ2v) is 7.86. The number of rotatable bonds is 7. The molecule has 0 aliphatic rings. The summed E-state index contributed by atoms with van der Waals surface area (Å²) in [5.74, 6) is 1.03. The summed E-state index contributed by atoms with van der Waals surface area (Å²) in [6.45, 7) is 0.370. The van der Waals surface area contributed by atoms with Gasteiger partial charge in [0.15, 0.2) is 0 Å². The molecule has 0 atom stereocenters. The summed E-state index contributed by atoms with van der Waals surface area (Å²) in [7, 11) is 2.98. The number of thiophene rings is 1. The third-order valence-corrected chi connectivity index (χ3v) is 5.97. The van der Waals surface area contributed by atoms with Crippen LogP contribution >= 0.6 is 11.3 Å². The van der Waals surface area contributed by atoms with Crippen molar-refractivity contribution in [2.45, 2.75) is 19.4 Å². The van der Waals surface area contributed by atoms with Crippen LogP contribution in [0.5, 0.6) is 5.75 Å². The quantitative estimate of drug-likeness (QED) is 0.393. The predicted molar refractivity (Wildman–Crippen MR) is 123 cm³/mol. The van der Waals surface area contributed by atoms with Gasteiger partial charge in [-0.2, -0.15) is 0 Å². The first-order chi connectivity index (χ1) is 15.1. The van der Waals surface area contributed by atoms with Gasteiger partial charge in [0.2, 0.25) is 0 Å². The Labute approximate surface area is 183 Å². The van der Waals surface area contributed by atoms with Crippen molar-refractivity contribution in [1.29, 1.82) is 0 Å². The molecule has 0 fully saturated rings. The Morgan fingerprint density at radius 1 is 1.06 bits per heavy atom. The van der Waals surface area contributed by atoms with Crippen molar-refractivity contribution >= 4 is 27.5 Å². The Bertz CT molecular complexity index is 1280. The van der Waals surface area contributed by atoms with E-state index in [1.54, 1.807) is 11.7 Å². The number of methoxy groups -OCH3 is 2. The van der Waals surface area contributed by atoms with Crippen molar-refractivity contribution in [2.75, 3.05) is 14.2 Å². The van der Waals surface area contributed by atoms with Crippen LogP contribution in [0.1, 0.15) is 12.8 Å². The maximum absolute atomic E-state index is 13.7. The highest BCUT2D eigenvalue weighted by Crippen LogP contribution is 2.33. The van der Waals surface area contributed by atoms with Crippen LogP contribution in [0.25, 0.3) is 32.7 Å². The molecule has 4 rings (SSSR count).